The third-order valence-electron chi connectivity index (χ3n) is 3.15. The average Bonchev–Trinajstić information content (AvgIpc) is 3.11. The summed E-state index contributed by atoms with van der Waals surface area (Å²) in [7, 11) is 1.64. The van der Waals surface area contributed by atoms with Crippen molar-refractivity contribution in [1.29, 1.82) is 0 Å². The maximum Gasteiger partial charge on any atom is 0.243 e. The zero-order valence-electron chi connectivity index (χ0n) is 8.93. The maximum atomic E-state index is 11.3. The molecular formula is C12H12N2O2. The number of carbonyl (C=O) groups is 1. The lowest BCUT2D eigenvalue weighted by Gasteiger charge is -2.11. The van der Waals surface area contributed by atoms with Crippen LogP contribution in [0.1, 0.15) is 12.0 Å². The highest BCUT2D eigenvalue weighted by Gasteiger charge is 2.49. The van der Waals surface area contributed by atoms with Crippen molar-refractivity contribution in [3.63, 3.8) is 0 Å². The van der Waals surface area contributed by atoms with E-state index in [0.29, 0.717) is 5.92 Å². The van der Waals surface area contributed by atoms with E-state index in [4.69, 9.17) is 4.74 Å². The molecule has 1 saturated carbocycles. The van der Waals surface area contributed by atoms with Crippen LogP contribution in [-0.2, 0) is 4.79 Å². The molecule has 0 bridgehead atoms. The number of amides is 1. The summed E-state index contributed by atoms with van der Waals surface area (Å²) in [4.78, 5) is 11.3. The molecule has 1 N–H and O–H groups in total. The van der Waals surface area contributed by atoms with Crippen LogP contribution < -0.4 is 10.2 Å². The Morgan fingerprint density at radius 2 is 2.06 bits per heavy atom. The number of hydrogen-bond donors (Lipinski definition) is 1. The van der Waals surface area contributed by atoms with Crippen molar-refractivity contribution >= 4 is 11.6 Å². The molecule has 2 aliphatic rings. The van der Waals surface area contributed by atoms with Crippen molar-refractivity contribution in [3.8, 4) is 5.75 Å². The van der Waals surface area contributed by atoms with Crippen molar-refractivity contribution in [2.24, 2.45) is 16.9 Å². The normalized spacial score (nSPS) is 26.6. The number of rotatable bonds is 2. The maximum absolute atomic E-state index is 11.3. The smallest absolute Gasteiger partial charge is 0.243 e. The molecule has 4 nitrogen and oxygen atoms in total. The molecule has 1 fully saturated rings. The Balaban J connectivity index is 1.90. The van der Waals surface area contributed by atoms with E-state index in [9.17, 15) is 4.79 Å². The van der Waals surface area contributed by atoms with E-state index in [0.717, 1.165) is 23.4 Å². The summed E-state index contributed by atoms with van der Waals surface area (Å²) in [5.41, 5.74) is 4.62. The number of ether oxygens (including phenoxy) is 1. The van der Waals surface area contributed by atoms with Gasteiger partial charge in [-0.25, -0.2) is 5.43 Å². The summed E-state index contributed by atoms with van der Waals surface area (Å²) in [6.07, 6.45) is 0.927. The molecule has 0 spiro atoms. The van der Waals surface area contributed by atoms with Gasteiger partial charge in [-0.05, 0) is 36.2 Å². The molecule has 0 unspecified atom stereocenters. The number of nitrogens with one attached hydrogen (secondary N) is 1. The summed E-state index contributed by atoms with van der Waals surface area (Å²) >= 11 is 0. The van der Waals surface area contributed by atoms with Crippen LogP contribution in [0.15, 0.2) is 29.4 Å². The molecule has 3 rings (SSSR count). The van der Waals surface area contributed by atoms with Gasteiger partial charge in [-0.2, -0.15) is 5.10 Å². The van der Waals surface area contributed by atoms with E-state index in [2.05, 4.69) is 10.5 Å². The first-order chi connectivity index (χ1) is 7.79. The van der Waals surface area contributed by atoms with Crippen LogP contribution in [0.3, 0.4) is 0 Å². The summed E-state index contributed by atoms with van der Waals surface area (Å²) in [6.45, 7) is 0. The van der Waals surface area contributed by atoms with Crippen LogP contribution >= 0.6 is 0 Å². The third-order valence-corrected chi connectivity index (χ3v) is 3.15. The Labute approximate surface area is 93.3 Å². The molecule has 16 heavy (non-hydrogen) atoms. The van der Waals surface area contributed by atoms with Gasteiger partial charge >= 0.3 is 0 Å². The number of hydrazone groups is 1. The fourth-order valence-electron chi connectivity index (χ4n) is 2.11. The van der Waals surface area contributed by atoms with E-state index < -0.39 is 0 Å². The lowest BCUT2D eigenvalue weighted by molar-refractivity contribution is -0.122. The fraction of sp³-hybridized carbons (Fsp3) is 0.333. The molecule has 1 aliphatic carbocycles. The molecular weight excluding hydrogens is 204 g/mol. The molecule has 4 heteroatoms. The number of methoxy groups -OCH3 is 1. The van der Waals surface area contributed by atoms with E-state index in [1.165, 1.54) is 0 Å². The number of fused-ring (bicyclic) bond motifs is 1. The summed E-state index contributed by atoms with van der Waals surface area (Å²) in [5, 5.41) is 4.14. The van der Waals surface area contributed by atoms with Crippen LogP contribution in [0, 0.1) is 11.8 Å². The average molecular weight is 216 g/mol. The number of nitrogens with zero attached hydrogens (tertiary/aromatic N) is 1. The molecule has 82 valence electrons. The topological polar surface area (TPSA) is 50.7 Å². The molecule has 0 radical (unpaired) electrons. The first-order valence-electron chi connectivity index (χ1n) is 5.31. The summed E-state index contributed by atoms with van der Waals surface area (Å²) in [5.74, 6) is 1.36. The van der Waals surface area contributed by atoms with Gasteiger partial charge in [0.15, 0.2) is 0 Å². The lowest BCUT2D eigenvalue weighted by atomic mass is 10.0. The van der Waals surface area contributed by atoms with Gasteiger partial charge in [0.25, 0.3) is 0 Å². The summed E-state index contributed by atoms with van der Waals surface area (Å²) < 4.78 is 5.10. The lowest BCUT2D eigenvalue weighted by Crippen LogP contribution is -2.28. The fourth-order valence-corrected chi connectivity index (χ4v) is 2.11. The minimum absolute atomic E-state index is 0.0576. The molecule has 1 aliphatic heterocycles. The second-order valence-electron chi connectivity index (χ2n) is 4.15. The SMILES string of the molecule is COc1ccc(C2=NNC(=O)[C@@H]3C[C@H]23)cc1. The number of carbonyl (C=O) groups excluding carboxylic acids is 1. The van der Waals surface area contributed by atoms with E-state index in [1.54, 1.807) is 7.11 Å². The number of hydrogen-bond acceptors (Lipinski definition) is 3. The van der Waals surface area contributed by atoms with Gasteiger partial charge in [0, 0.05) is 11.8 Å². The second-order valence-corrected chi connectivity index (χ2v) is 4.15. The quantitative estimate of drug-likeness (QED) is 0.806. The Kier molecular flexibility index (Phi) is 1.96. The highest BCUT2D eigenvalue weighted by molar-refractivity contribution is 6.09. The largest absolute Gasteiger partial charge is 0.497 e. The van der Waals surface area contributed by atoms with Gasteiger partial charge < -0.3 is 4.74 Å². The Bertz CT molecular complexity index is 464. The van der Waals surface area contributed by atoms with Crippen molar-refractivity contribution in [1.82, 2.24) is 5.43 Å². The predicted molar refractivity (Wildman–Crippen MR) is 59.3 cm³/mol. The second kappa shape index (κ2) is 3.33. The van der Waals surface area contributed by atoms with Crippen LogP contribution in [0.25, 0.3) is 0 Å². The van der Waals surface area contributed by atoms with E-state index in [1.807, 2.05) is 24.3 Å². The van der Waals surface area contributed by atoms with Gasteiger partial charge in [-0.3, -0.25) is 4.79 Å². The standard InChI is InChI=1S/C12H12N2O2/c1-16-8-4-2-7(3-5-8)11-9-6-10(9)12(15)14-13-11/h2-5,9-10H,6H2,1H3,(H,14,15)/t9-,10+/m0/s1. The van der Waals surface area contributed by atoms with Gasteiger partial charge in [-0.15, -0.1) is 0 Å². The summed E-state index contributed by atoms with van der Waals surface area (Å²) in [6, 6.07) is 7.77. The van der Waals surface area contributed by atoms with Crippen molar-refractivity contribution in [2.75, 3.05) is 7.11 Å². The molecule has 1 aromatic carbocycles. The number of benzene rings is 1. The van der Waals surface area contributed by atoms with Crippen LogP contribution in [-0.4, -0.2) is 18.7 Å². The van der Waals surface area contributed by atoms with Crippen molar-refractivity contribution < 1.29 is 9.53 Å². The molecule has 2 atom stereocenters. The zero-order chi connectivity index (χ0) is 11.1. The highest BCUT2D eigenvalue weighted by Crippen LogP contribution is 2.43. The van der Waals surface area contributed by atoms with E-state index >= 15 is 0 Å². The Morgan fingerprint density at radius 3 is 2.75 bits per heavy atom. The zero-order valence-corrected chi connectivity index (χ0v) is 8.93. The van der Waals surface area contributed by atoms with Crippen molar-refractivity contribution in [3.05, 3.63) is 29.8 Å². The molecule has 0 saturated heterocycles. The minimum atomic E-state index is 0.0576. The monoisotopic (exact) mass is 216 g/mol. The van der Waals surface area contributed by atoms with Crippen LogP contribution in [0.5, 0.6) is 5.75 Å². The van der Waals surface area contributed by atoms with E-state index in [-0.39, 0.29) is 11.8 Å². The first kappa shape index (κ1) is 9.39. The Hall–Kier alpha value is -1.84. The van der Waals surface area contributed by atoms with Gasteiger partial charge in [0.2, 0.25) is 5.91 Å². The molecule has 1 heterocycles. The highest BCUT2D eigenvalue weighted by atomic mass is 16.5. The Morgan fingerprint density at radius 1 is 1.31 bits per heavy atom. The van der Waals surface area contributed by atoms with Gasteiger partial charge in [-0.1, -0.05) is 0 Å². The first-order valence-corrected chi connectivity index (χ1v) is 5.31. The van der Waals surface area contributed by atoms with Crippen molar-refractivity contribution in [2.45, 2.75) is 6.42 Å². The van der Waals surface area contributed by atoms with Gasteiger partial charge in [0.05, 0.1) is 12.8 Å². The van der Waals surface area contributed by atoms with Gasteiger partial charge in [0.1, 0.15) is 5.75 Å². The molecule has 1 amide bonds. The van der Waals surface area contributed by atoms with Crippen LogP contribution in [0.4, 0.5) is 0 Å². The minimum Gasteiger partial charge on any atom is -0.497 e. The molecule has 0 aromatic heterocycles. The molecule has 1 aromatic rings. The third kappa shape index (κ3) is 1.38. The predicted octanol–water partition coefficient (Wildman–Crippen LogP) is 1.17. The van der Waals surface area contributed by atoms with Crippen LogP contribution in [0.2, 0.25) is 0 Å².